The van der Waals surface area contributed by atoms with E-state index in [1.807, 2.05) is 12.1 Å². The van der Waals surface area contributed by atoms with Crippen LogP contribution in [0.5, 0.6) is 0 Å². The van der Waals surface area contributed by atoms with Gasteiger partial charge in [-0.2, -0.15) is 0 Å². The molecule has 19 heavy (non-hydrogen) atoms. The maximum absolute atomic E-state index is 11.7. The number of anilines is 2. The molecule has 0 spiro atoms. The Morgan fingerprint density at radius 3 is 2.53 bits per heavy atom. The van der Waals surface area contributed by atoms with Crippen LogP contribution < -0.4 is 10.6 Å². The molecule has 0 aromatic heterocycles. The maximum atomic E-state index is 11.7. The van der Waals surface area contributed by atoms with E-state index in [1.54, 1.807) is 13.0 Å². The first kappa shape index (κ1) is 13.7. The summed E-state index contributed by atoms with van der Waals surface area (Å²) in [5.74, 6) is -0.345. The molecule has 104 valence electrons. The maximum Gasteiger partial charge on any atom is 0.340 e. The highest BCUT2D eigenvalue weighted by molar-refractivity contribution is 5.95. The molecule has 1 aromatic carbocycles. The molecule has 0 saturated carbocycles. The zero-order chi connectivity index (χ0) is 13.7. The van der Waals surface area contributed by atoms with Gasteiger partial charge in [-0.1, -0.05) is 12.8 Å². The summed E-state index contributed by atoms with van der Waals surface area (Å²) in [5.41, 5.74) is 8.03. The second-order valence-electron chi connectivity index (χ2n) is 4.89. The van der Waals surface area contributed by atoms with E-state index in [4.69, 9.17) is 10.5 Å². The van der Waals surface area contributed by atoms with E-state index < -0.39 is 0 Å². The van der Waals surface area contributed by atoms with Crippen molar-refractivity contribution >= 4 is 17.3 Å². The molecule has 0 bridgehead atoms. The lowest BCUT2D eigenvalue weighted by atomic mass is 10.1. The van der Waals surface area contributed by atoms with Crippen molar-refractivity contribution in [2.45, 2.75) is 32.6 Å². The minimum Gasteiger partial charge on any atom is -0.462 e. The standard InChI is InChI=1S/C15H22N2O2/c1-2-19-15(18)13-8-7-12(11-14(13)16)17-9-5-3-4-6-10-17/h7-8,11H,2-6,9-10,16H2,1H3. The Morgan fingerprint density at radius 2 is 1.95 bits per heavy atom. The van der Waals surface area contributed by atoms with Crippen molar-refractivity contribution < 1.29 is 9.53 Å². The number of nitrogens with two attached hydrogens (primary N) is 1. The molecule has 1 aliphatic heterocycles. The number of hydrogen-bond donors (Lipinski definition) is 1. The molecule has 0 radical (unpaired) electrons. The molecule has 1 aromatic rings. The Bertz CT molecular complexity index is 438. The highest BCUT2D eigenvalue weighted by Crippen LogP contribution is 2.24. The molecule has 4 heteroatoms. The van der Waals surface area contributed by atoms with Gasteiger partial charge >= 0.3 is 5.97 Å². The third kappa shape index (κ3) is 3.40. The normalized spacial score (nSPS) is 15.9. The average molecular weight is 262 g/mol. The fourth-order valence-electron chi connectivity index (χ4n) is 2.47. The summed E-state index contributed by atoms with van der Waals surface area (Å²) in [6, 6.07) is 5.62. The van der Waals surface area contributed by atoms with Crippen LogP contribution in [0.3, 0.4) is 0 Å². The van der Waals surface area contributed by atoms with E-state index >= 15 is 0 Å². The molecule has 2 N–H and O–H groups in total. The largest absolute Gasteiger partial charge is 0.462 e. The van der Waals surface area contributed by atoms with Gasteiger partial charge in [0.15, 0.2) is 0 Å². The van der Waals surface area contributed by atoms with E-state index in [-0.39, 0.29) is 5.97 Å². The van der Waals surface area contributed by atoms with Crippen LogP contribution in [0.4, 0.5) is 11.4 Å². The van der Waals surface area contributed by atoms with E-state index in [0.29, 0.717) is 17.9 Å². The van der Waals surface area contributed by atoms with Crippen LogP contribution in [0.2, 0.25) is 0 Å². The van der Waals surface area contributed by atoms with Crippen molar-refractivity contribution in [1.82, 2.24) is 0 Å². The molecule has 1 saturated heterocycles. The summed E-state index contributed by atoms with van der Waals surface area (Å²) in [5, 5.41) is 0. The van der Waals surface area contributed by atoms with Crippen molar-refractivity contribution in [1.29, 1.82) is 0 Å². The number of benzene rings is 1. The summed E-state index contributed by atoms with van der Waals surface area (Å²) in [7, 11) is 0. The number of esters is 1. The number of ether oxygens (including phenoxy) is 1. The van der Waals surface area contributed by atoms with Gasteiger partial charge in [0, 0.05) is 24.5 Å². The Morgan fingerprint density at radius 1 is 1.26 bits per heavy atom. The van der Waals surface area contributed by atoms with E-state index in [0.717, 1.165) is 18.8 Å². The number of carbonyl (C=O) groups is 1. The summed E-state index contributed by atoms with van der Waals surface area (Å²) >= 11 is 0. The Balaban J connectivity index is 2.15. The van der Waals surface area contributed by atoms with Crippen molar-refractivity contribution in [3.05, 3.63) is 23.8 Å². The average Bonchev–Trinajstić information content (AvgIpc) is 2.67. The molecule has 0 unspecified atom stereocenters. The fraction of sp³-hybridized carbons (Fsp3) is 0.533. The predicted molar refractivity (Wildman–Crippen MR) is 77.5 cm³/mol. The van der Waals surface area contributed by atoms with Crippen LogP contribution in [-0.2, 0) is 4.74 Å². The summed E-state index contributed by atoms with van der Waals surface area (Å²) in [4.78, 5) is 14.0. The lowest BCUT2D eigenvalue weighted by Crippen LogP contribution is -2.24. The summed E-state index contributed by atoms with van der Waals surface area (Å²) in [6.07, 6.45) is 5.04. The minimum absolute atomic E-state index is 0.345. The molecule has 0 aliphatic carbocycles. The number of nitrogen functional groups attached to an aromatic ring is 1. The molecular formula is C15H22N2O2. The van der Waals surface area contributed by atoms with Gasteiger partial charge in [0.05, 0.1) is 12.2 Å². The molecule has 1 fully saturated rings. The summed E-state index contributed by atoms with van der Waals surface area (Å²) in [6.45, 7) is 4.29. The predicted octanol–water partition coefficient (Wildman–Crippen LogP) is 2.83. The first-order valence-electron chi connectivity index (χ1n) is 7.04. The zero-order valence-corrected chi connectivity index (χ0v) is 11.5. The van der Waals surface area contributed by atoms with Crippen molar-refractivity contribution in [3.63, 3.8) is 0 Å². The molecule has 0 atom stereocenters. The molecule has 4 nitrogen and oxygen atoms in total. The second-order valence-corrected chi connectivity index (χ2v) is 4.89. The molecule has 1 heterocycles. The first-order chi connectivity index (χ1) is 9.22. The van der Waals surface area contributed by atoms with Crippen LogP contribution in [0.15, 0.2) is 18.2 Å². The van der Waals surface area contributed by atoms with Crippen LogP contribution in [0.1, 0.15) is 43.0 Å². The van der Waals surface area contributed by atoms with Crippen LogP contribution >= 0.6 is 0 Å². The SMILES string of the molecule is CCOC(=O)c1ccc(N2CCCCCC2)cc1N. The van der Waals surface area contributed by atoms with Gasteiger partial charge in [-0.15, -0.1) is 0 Å². The fourth-order valence-corrected chi connectivity index (χ4v) is 2.47. The molecular weight excluding hydrogens is 240 g/mol. The lowest BCUT2D eigenvalue weighted by molar-refractivity contribution is 0.0527. The van der Waals surface area contributed by atoms with Crippen molar-refractivity contribution in [3.8, 4) is 0 Å². The van der Waals surface area contributed by atoms with E-state index in [9.17, 15) is 4.79 Å². The third-order valence-electron chi connectivity index (χ3n) is 3.50. The van der Waals surface area contributed by atoms with Gasteiger partial charge in [0.1, 0.15) is 0 Å². The van der Waals surface area contributed by atoms with Crippen molar-refractivity contribution in [2.24, 2.45) is 0 Å². The smallest absolute Gasteiger partial charge is 0.340 e. The molecule has 1 aliphatic rings. The van der Waals surface area contributed by atoms with Gasteiger partial charge < -0.3 is 15.4 Å². The van der Waals surface area contributed by atoms with Gasteiger partial charge in [-0.05, 0) is 38.0 Å². The van der Waals surface area contributed by atoms with Gasteiger partial charge in [0.25, 0.3) is 0 Å². The van der Waals surface area contributed by atoms with Crippen LogP contribution in [0.25, 0.3) is 0 Å². The van der Waals surface area contributed by atoms with Crippen LogP contribution in [0, 0.1) is 0 Å². The van der Waals surface area contributed by atoms with Crippen LogP contribution in [-0.4, -0.2) is 25.7 Å². The van der Waals surface area contributed by atoms with Gasteiger partial charge in [-0.25, -0.2) is 4.79 Å². The topological polar surface area (TPSA) is 55.6 Å². The van der Waals surface area contributed by atoms with E-state index in [2.05, 4.69) is 4.90 Å². The third-order valence-corrected chi connectivity index (χ3v) is 3.50. The second kappa shape index (κ2) is 6.45. The van der Waals surface area contributed by atoms with E-state index in [1.165, 1.54) is 25.7 Å². The quantitative estimate of drug-likeness (QED) is 0.672. The number of nitrogens with zero attached hydrogens (tertiary/aromatic N) is 1. The number of rotatable bonds is 3. The number of carbonyl (C=O) groups excluding carboxylic acids is 1. The van der Waals surface area contributed by atoms with Crippen molar-refractivity contribution in [2.75, 3.05) is 30.3 Å². The Kier molecular flexibility index (Phi) is 4.66. The molecule has 2 rings (SSSR count). The van der Waals surface area contributed by atoms with Gasteiger partial charge in [-0.3, -0.25) is 0 Å². The highest BCUT2D eigenvalue weighted by atomic mass is 16.5. The Labute approximate surface area is 114 Å². The summed E-state index contributed by atoms with van der Waals surface area (Å²) < 4.78 is 4.98. The highest BCUT2D eigenvalue weighted by Gasteiger charge is 2.14. The lowest BCUT2D eigenvalue weighted by Gasteiger charge is -2.23. The number of hydrogen-bond acceptors (Lipinski definition) is 4. The minimum atomic E-state index is -0.345. The first-order valence-corrected chi connectivity index (χ1v) is 7.04. The van der Waals surface area contributed by atoms with Gasteiger partial charge in [0.2, 0.25) is 0 Å². The Hall–Kier alpha value is -1.71. The monoisotopic (exact) mass is 262 g/mol. The molecule has 0 amide bonds. The zero-order valence-electron chi connectivity index (χ0n) is 11.5.